The number of benzene rings is 1. The van der Waals surface area contributed by atoms with Crippen LogP contribution in [0.5, 0.6) is 11.5 Å². The van der Waals surface area contributed by atoms with Gasteiger partial charge in [-0.1, -0.05) is 25.3 Å². The van der Waals surface area contributed by atoms with Gasteiger partial charge in [-0.15, -0.1) is 0 Å². The number of pyridine rings is 1. The van der Waals surface area contributed by atoms with Gasteiger partial charge in [0.25, 0.3) is 5.91 Å². The average molecular weight is 383 g/mol. The third-order valence-electron chi connectivity index (χ3n) is 5.12. The number of anilines is 1. The van der Waals surface area contributed by atoms with Crippen molar-refractivity contribution in [2.75, 3.05) is 26.1 Å². The number of hydrogen-bond acceptors (Lipinski definition) is 5. The molecule has 0 atom stereocenters. The van der Waals surface area contributed by atoms with Gasteiger partial charge < -0.3 is 20.1 Å². The summed E-state index contributed by atoms with van der Waals surface area (Å²) < 4.78 is 10.6. The van der Waals surface area contributed by atoms with Crippen molar-refractivity contribution in [1.29, 1.82) is 0 Å². The summed E-state index contributed by atoms with van der Waals surface area (Å²) in [5, 5.41) is 6.48. The quantitative estimate of drug-likeness (QED) is 0.725. The van der Waals surface area contributed by atoms with E-state index in [0.717, 1.165) is 48.6 Å². The molecule has 0 unspecified atom stereocenters. The van der Waals surface area contributed by atoms with Gasteiger partial charge in [-0.3, -0.25) is 9.78 Å². The van der Waals surface area contributed by atoms with Crippen molar-refractivity contribution in [3.8, 4) is 11.5 Å². The van der Waals surface area contributed by atoms with E-state index >= 15 is 0 Å². The van der Waals surface area contributed by atoms with Gasteiger partial charge in [0.2, 0.25) is 0 Å². The van der Waals surface area contributed by atoms with Gasteiger partial charge in [0.1, 0.15) is 5.69 Å². The van der Waals surface area contributed by atoms with Gasteiger partial charge in [0.05, 0.1) is 14.2 Å². The second kappa shape index (κ2) is 9.97. The van der Waals surface area contributed by atoms with Crippen LogP contribution in [0.1, 0.15) is 48.2 Å². The Kier molecular flexibility index (Phi) is 7.12. The number of nitrogens with zero attached hydrogens (tertiary/aromatic N) is 1. The Hall–Kier alpha value is -2.76. The summed E-state index contributed by atoms with van der Waals surface area (Å²) in [7, 11) is 3.27. The number of nitrogens with one attached hydrogen (secondary N) is 2. The number of ether oxygens (including phenoxy) is 2. The Morgan fingerprint density at radius 3 is 2.61 bits per heavy atom. The first-order valence-electron chi connectivity index (χ1n) is 9.91. The van der Waals surface area contributed by atoms with Gasteiger partial charge in [-0.05, 0) is 49.1 Å². The maximum Gasteiger partial charge on any atom is 0.270 e. The average Bonchev–Trinajstić information content (AvgIpc) is 2.74. The van der Waals surface area contributed by atoms with Gasteiger partial charge in [0.15, 0.2) is 11.5 Å². The molecule has 1 saturated carbocycles. The first kappa shape index (κ1) is 20.0. The van der Waals surface area contributed by atoms with Gasteiger partial charge in [-0.2, -0.15) is 0 Å². The molecule has 6 heteroatoms. The molecule has 1 aliphatic rings. The van der Waals surface area contributed by atoms with Crippen molar-refractivity contribution < 1.29 is 14.3 Å². The molecule has 0 aliphatic heterocycles. The molecule has 0 bridgehead atoms. The van der Waals surface area contributed by atoms with Crippen LogP contribution < -0.4 is 20.1 Å². The summed E-state index contributed by atoms with van der Waals surface area (Å²) in [6.45, 7) is 0.739. The number of amides is 1. The maximum atomic E-state index is 12.5. The predicted octanol–water partition coefficient (Wildman–Crippen LogP) is 3.82. The lowest BCUT2D eigenvalue weighted by Gasteiger charge is -2.22. The largest absolute Gasteiger partial charge is 0.493 e. The van der Waals surface area contributed by atoms with Crippen LogP contribution in [-0.2, 0) is 6.42 Å². The zero-order chi connectivity index (χ0) is 19.8. The van der Waals surface area contributed by atoms with Crippen LogP contribution in [0.4, 0.5) is 5.69 Å². The lowest BCUT2D eigenvalue weighted by atomic mass is 9.95. The van der Waals surface area contributed by atoms with Crippen LogP contribution in [0, 0.1) is 0 Å². The first-order valence-corrected chi connectivity index (χ1v) is 9.91. The van der Waals surface area contributed by atoms with E-state index in [0.29, 0.717) is 5.69 Å². The SMILES string of the molecule is COc1ccc(CCNc2ccnc(C(=O)NC3CCCCC3)c2)cc1OC. The Bertz CT molecular complexity index is 788. The molecule has 2 aromatic rings. The highest BCUT2D eigenvalue weighted by Gasteiger charge is 2.17. The zero-order valence-corrected chi connectivity index (χ0v) is 16.7. The molecule has 1 aromatic carbocycles. The van der Waals surface area contributed by atoms with Crippen molar-refractivity contribution in [2.24, 2.45) is 0 Å². The highest BCUT2D eigenvalue weighted by atomic mass is 16.5. The first-order chi connectivity index (χ1) is 13.7. The molecule has 1 amide bonds. The van der Waals surface area contributed by atoms with Gasteiger partial charge in [-0.25, -0.2) is 0 Å². The predicted molar refractivity (Wildman–Crippen MR) is 110 cm³/mol. The molecular weight excluding hydrogens is 354 g/mol. The van der Waals surface area contributed by atoms with Crippen LogP contribution in [0.3, 0.4) is 0 Å². The van der Waals surface area contributed by atoms with Crippen LogP contribution in [0.2, 0.25) is 0 Å². The highest BCUT2D eigenvalue weighted by Crippen LogP contribution is 2.27. The molecule has 150 valence electrons. The molecule has 28 heavy (non-hydrogen) atoms. The van der Waals surface area contributed by atoms with Gasteiger partial charge >= 0.3 is 0 Å². The summed E-state index contributed by atoms with van der Waals surface area (Å²) in [5.74, 6) is 1.36. The minimum atomic E-state index is -0.0876. The Labute approximate surface area is 166 Å². The molecule has 1 aromatic heterocycles. The molecule has 1 aliphatic carbocycles. The second-order valence-corrected chi connectivity index (χ2v) is 7.10. The molecule has 0 saturated heterocycles. The Morgan fingerprint density at radius 2 is 1.86 bits per heavy atom. The third kappa shape index (κ3) is 5.38. The molecule has 0 radical (unpaired) electrons. The molecule has 2 N–H and O–H groups in total. The molecule has 3 rings (SSSR count). The Morgan fingerprint density at radius 1 is 1.07 bits per heavy atom. The highest BCUT2D eigenvalue weighted by molar-refractivity contribution is 5.93. The second-order valence-electron chi connectivity index (χ2n) is 7.10. The molecule has 1 heterocycles. The smallest absolute Gasteiger partial charge is 0.270 e. The summed E-state index contributed by atoms with van der Waals surface area (Å²) in [6.07, 6.45) is 8.28. The van der Waals surface area contributed by atoms with E-state index in [4.69, 9.17) is 9.47 Å². The summed E-state index contributed by atoms with van der Waals surface area (Å²) in [4.78, 5) is 16.7. The van der Waals surface area contributed by atoms with Crippen molar-refractivity contribution in [3.05, 3.63) is 47.8 Å². The van der Waals surface area contributed by atoms with E-state index in [2.05, 4.69) is 15.6 Å². The van der Waals surface area contributed by atoms with Crippen molar-refractivity contribution in [2.45, 2.75) is 44.6 Å². The fourth-order valence-corrected chi connectivity index (χ4v) is 3.56. The van der Waals surface area contributed by atoms with E-state index in [1.165, 1.54) is 19.3 Å². The summed E-state index contributed by atoms with van der Waals surface area (Å²) in [5.41, 5.74) is 2.50. The maximum absolute atomic E-state index is 12.5. The van der Waals surface area contributed by atoms with E-state index in [-0.39, 0.29) is 11.9 Å². The number of aromatic nitrogens is 1. The van der Waals surface area contributed by atoms with E-state index in [1.807, 2.05) is 30.3 Å². The normalized spacial score (nSPS) is 14.4. The fourth-order valence-electron chi connectivity index (χ4n) is 3.56. The minimum absolute atomic E-state index is 0.0876. The van der Waals surface area contributed by atoms with Crippen molar-refractivity contribution in [3.63, 3.8) is 0 Å². The van der Waals surface area contributed by atoms with Gasteiger partial charge in [0, 0.05) is 24.5 Å². The standard InChI is InChI=1S/C22H29N3O3/c1-27-20-9-8-16(14-21(20)28-2)10-12-23-18-11-13-24-19(15-18)22(26)25-17-6-4-3-5-7-17/h8-9,11,13-15,17H,3-7,10,12H2,1-2H3,(H,23,24)(H,25,26). The summed E-state index contributed by atoms with van der Waals surface area (Å²) in [6, 6.07) is 9.90. The lowest BCUT2D eigenvalue weighted by molar-refractivity contribution is 0.0922. The van der Waals surface area contributed by atoms with Crippen LogP contribution in [-0.4, -0.2) is 37.7 Å². The molecule has 1 fully saturated rings. The monoisotopic (exact) mass is 383 g/mol. The fraction of sp³-hybridized carbons (Fsp3) is 0.455. The number of rotatable bonds is 8. The zero-order valence-electron chi connectivity index (χ0n) is 16.7. The number of carbonyl (C=O) groups is 1. The minimum Gasteiger partial charge on any atom is -0.493 e. The summed E-state index contributed by atoms with van der Waals surface area (Å²) >= 11 is 0. The number of hydrogen-bond donors (Lipinski definition) is 2. The van der Waals surface area contributed by atoms with E-state index in [9.17, 15) is 4.79 Å². The number of methoxy groups -OCH3 is 2. The third-order valence-corrected chi connectivity index (χ3v) is 5.12. The van der Waals surface area contributed by atoms with Crippen LogP contribution >= 0.6 is 0 Å². The van der Waals surface area contributed by atoms with Crippen LogP contribution in [0.25, 0.3) is 0 Å². The van der Waals surface area contributed by atoms with Crippen LogP contribution in [0.15, 0.2) is 36.5 Å². The van der Waals surface area contributed by atoms with Crippen molar-refractivity contribution >= 4 is 11.6 Å². The lowest BCUT2D eigenvalue weighted by Crippen LogP contribution is -2.36. The molecule has 0 spiro atoms. The molecular formula is C22H29N3O3. The van der Waals surface area contributed by atoms with Crippen molar-refractivity contribution in [1.82, 2.24) is 10.3 Å². The number of carbonyl (C=O) groups excluding carboxylic acids is 1. The topological polar surface area (TPSA) is 72.5 Å². The molecule has 6 nitrogen and oxygen atoms in total. The Balaban J connectivity index is 1.53. The van der Waals surface area contributed by atoms with E-state index < -0.39 is 0 Å². The van der Waals surface area contributed by atoms with E-state index in [1.54, 1.807) is 20.4 Å².